The predicted molar refractivity (Wildman–Crippen MR) is 93.3 cm³/mol. The van der Waals surface area contributed by atoms with Gasteiger partial charge in [-0.15, -0.1) is 11.3 Å². The second-order valence-corrected chi connectivity index (χ2v) is 7.26. The van der Waals surface area contributed by atoms with Gasteiger partial charge in [-0.3, -0.25) is 9.59 Å². The Bertz CT molecular complexity index is 760. The monoisotopic (exact) mass is 328 g/mol. The van der Waals surface area contributed by atoms with Gasteiger partial charge in [0, 0.05) is 10.4 Å². The van der Waals surface area contributed by atoms with Crippen LogP contribution in [-0.2, 0) is 12.8 Å². The van der Waals surface area contributed by atoms with Crippen molar-refractivity contribution >= 4 is 28.2 Å². The van der Waals surface area contributed by atoms with E-state index in [1.54, 1.807) is 0 Å². The highest BCUT2D eigenvalue weighted by molar-refractivity contribution is 7.17. The summed E-state index contributed by atoms with van der Waals surface area (Å²) in [6.45, 7) is 4.22. The van der Waals surface area contributed by atoms with E-state index in [1.165, 1.54) is 21.8 Å². The molecule has 1 aromatic carbocycles. The summed E-state index contributed by atoms with van der Waals surface area (Å²) in [5.41, 5.74) is 8.80. The molecular formula is C18H20N2O2S. The van der Waals surface area contributed by atoms with Gasteiger partial charge in [0.15, 0.2) is 0 Å². The van der Waals surface area contributed by atoms with Crippen molar-refractivity contribution in [2.45, 2.75) is 39.0 Å². The van der Waals surface area contributed by atoms with E-state index >= 15 is 0 Å². The van der Waals surface area contributed by atoms with Crippen LogP contribution in [0, 0.1) is 0 Å². The third-order valence-corrected chi connectivity index (χ3v) is 5.44. The van der Waals surface area contributed by atoms with Gasteiger partial charge in [0.1, 0.15) is 5.00 Å². The summed E-state index contributed by atoms with van der Waals surface area (Å²) < 4.78 is 0. The van der Waals surface area contributed by atoms with Crippen LogP contribution in [0.5, 0.6) is 0 Å². The number of carbonyl (C=O) groups is 2. The fraction of sp³-hybridized carbons (Fsp3) is 0.333. The maximum atomic E-state index is 12.4. The number of carbonyl (C=O) groups excluding carboxylic acids is 2. The molecule has 3 rings (SSSR count). The number of anilines is 1. The molecule has 4 nitrogen and oxygen atoms in total. The largest absolute Gasteiger partial charge is 0.365 e. The highest BCUT2D eigenvalue weighted by atomic mass is 32.1. The first-order valence-electron chi connectivity index (χ1n) is 7.83. The zero-order valence-electron chi connectivity index (χ0n) is 13.3. The van der Waals surface area contributed by atoms with E-state index in [1.807, 2.05) is 24.3 Å². The van der Waals surface area contributed by atoms with Crippen molar-refractivity contribution in [3.05, 3.63) is 51.4 Å². The van der Waals surface area contributed by atoms with Gasteiger partial charge < -0.3 is 11.1 Å². The van der Waals surface area contributed by atoms with Gasteiger partial charge >= 0.3 is 0 Å². The molecule has 1 aromatic heterocycles. The zero-order valence-corrected chi connectivity index (χ0v) is 14.1. The van der Waals surface area contributed by atoms with Crippen molar-refractivity contribution in [1.29, 1.82) is 0 Å². The standard InChI is InChI=1S/C18H20N2O2S/c1-10(2)11-6-8-12(9-7-11)17(22)20-18-15(16(19)21)13-4-3-5-14(13)23-18/h6-10H,3-5H2,1-2H3,(H2,19,21)(H,20,22). The Labute approximate surface area is 139 Å². The molecular weight excluding hydrogens is 308 g/mol. The summed E-state index contributed by atoms with van der Waals surface area (Å²) in [5.74, 6) is -0.244. The Balaban J connectivity index is 1.84. The molecule has 120 valence electrons. The molecule has 0 bridgehead atoms. The molecule has 1 heterocycles. The van der Waals surface area contributed by atoms with Crippen LogP contribution in [0.1, 0.15) is 62.9 Å². The predicted octanol–water partition coefficient (Wildman–Crippen LogP) is 3.71. The average molecular weight is 328 g/mol. The number of aryl methyl sites for hydroxylation is 1. The highest BCUT2D eigenvalue weighted by Crippen LogP contribution is 2.39. The van der Waals surface area contributed by atoms with Crippen LogP contribution in [0.3, 0.4) is 0 Å². The van der Waals surface area contributed by atoms with E-state index in [2.05, 4.69) is 19.2 Å². The van der Waals surface area contributed by atoms with Crippen LogP contribution in [0.15, 0.2) is 24.3 Å². The minimum absolute atomic E-state index is 0.206. The Morgan fingerprint density at radius 1 is 1.17 bits per heavy atom. The zero-order chi connectivity index (χ0) is 16.6. The van der Waals surface area contributed by atoms with Gasteiger partial charge in [-0.25, -0.2) is 0 Å². The number of primary amides is 1. The van der Waals surface area contributed by atoms with Crippen LogP contribution in [0.4, 0.5) is 5.00 Å². The maximum Gasteiger partial charge on any atom is 0.256 e. The summed E-state index contributed by atoms with van der Waals surface area (Å²) in [5, 5.41) is 3.45. The lowest BCUT2D eigenvalue weighted by atomic mass is 10.0. The molecule has 0 spiro atoms. The Kier molecular flexibility index (Phi) is 4.22. The van der Waals surface area contributed by atoms with Gasteiger partial charge in [-0.1, -0.05) is 26.0 Å². The van der Waals surface area contributed by atoms with E-state index in [9.17, 15) is 9.59 Å². The van der Waals surface area contributed by atoms with Crippen molar-refractivity contribution in [1.82, 2.24) is 0 Å². The van der Waals surface area contributed by atoms with E-state index < -0.39 is 5.91 Å². The number of hydrogen-bond donors (Lipinski definition) is 2. The first-order chi connectivity index (χ1) is 11.0. The molecule has 3 N–H and O–H groups in total. The summed E-state index contributed by atoms with van der Waals surface area (Å²) in [6.07, 6.45) is 2.87. The van der Waals surface area contributed by atoms with Crippen LogP contribution < -0.4 is 11.1 Å². The van der Waals surface area contributed by atoms with Crippen LogP contribution in [0.25, 0.3) is 0 Å². The molecule has 0 saturated carbocycles. The normalized spacial score (nSPS) is 13.2. The number of hydrogen-bond acceptors (Lipinski definition) is 3. The minimum atomic E-state index is -0.463. The third-order valence-electron chi connectivity index (χ3n) is 4.23. The number of nitrogens with one attached hydrogen (secondary N) is 1. The molecule has 0 saturated heterocycles. The van der Waals surface area contributed by atoms with Crippen molar-refractivity contribution in [2.24, 2.45) is 5.73 Å². The Hall–Kier alpha value is -2.14. The number of fused-ring (bicyclic) bond motifs is 1. The topological polar surface area (TPSA) is 72.2 Å². The summed E-state index contributed by atoms with van der Waals surface area (Å²) >= 11 is 1.48. The van der Waals surface area contributed by atoms with E-state index in [-0.39, 0.29) is 5.91 Å². The smallest absolute Gasteiger partial charge is 0.256 e. The molecule has 1 aliphatic carbocycles. The van der Waals surface area contributed by atoms with Gasteiger partial charge in [0.05, 0.1) is 5.56 Å². The van der Waals surface area contributed by atoms with Crippen molar-refractivity contribution in [3.8, 4) is 0 Å². The molecule has 2 aromatic rings. The maximum absolute atomic E-state index is 12.4. The number of nitrogens with two attached hydrogens (primary N) is 1. The van der Waals surface area contributed by atoms with Crippen molar-refractivity contribution in [3.63, 3.8) is 0 Å². The molecule has 0 atom stereocenters. The molecule has 5 heteroatoms. The number of amides is 2. The molecule has 0 aliphatic heterocycles. The van der Waals surface area contributed by atoms with E-state index in [0.29, 0.717) is 22.0 Å². The molecule has 0 unspecified atom stereocenters. The Morgan fingerprint density at radius 3 is 2.48 bits per heavy atom. The van der Waals surface area contributed by atoms with Gasteiger partial charge in [-0.05, 0) is 48.4 Å². The van der Waals surface area contributed by atoms with E-state index in [0.717, 1.165) is 24.8 Å². The van der Waals surface area contributed by atoms with Crippen LogP contribution >= 0.6 is 11.3 Å². The van der Waals surface area contributed by atoms with Crippen molar-refractivity contribution in [2.75, 3.05) is 5.32 Å². The lowest BCUT2D eigenvalue weighted by Gasteiger charge is -2.08. The van der Waals surface area contributed by atoms with Crippen LogP contribution in [-0.4, -0.2) is 11.8 Å². The second-order valence-electron chi connectivity index (χ2n) is 6.16. The summed E-state index contributed by atoms with van der Waals surface area (Å²) in [7, 11) is 0. The average Bonchev–Trinajstić information content (AvgIpc) is 3.07. The van der Waals surface area contributed by atoms with Crippen LogP contribution in [0.2, 0.25) is 0 Å². The fourth-order valence-electron chi connectivity index (χ4n) is 2.95. The molecule has 0 radical (unpaired) electrons. The van der Waals surface area contributed by atoms with Crippen molar-refractivity contribution < 1.29 is 9.59 Å². The van der Waals surface area contributed by atoms with Gasteiger partial charge in [0.25, 0.3) is 11.8 Å². The van der Waals surface area contributed by atoms with Gasteiger partial charge in [-0.2, -0.15) is 0 Å². The molecule has 2 amide bonds. The number of thiophene rings is 1. The highest BCUT2D eigenvalue weighted by Gasteiger charge is 2.26. The summed E-state index contributed by atoms with van der Waals surface area (Å²) in [4.78, 5) is 25.4. The molecule has 23 heavy (non-hydrogen) atoms. The lowest BCUT2D eigenvalue weighted by Crippen LogP contribution is -2.17. The number of benzene rings is 1. The summed E-state index contributed by atoms with van der Waals surface area (Å²) in [6, 6.07) is 7.55. The molecule has 1 aliphatic rings. The van der Waals surface area contributed by atoms with Gasteiger partial charge in [0.2, 0.25) is 0 Å². The number of rotatable bonds is 4. The minimum Gasteiger partial charge on any atom is -0.365 e. The first kappa shape index (κ1) is 15.7. The lowest BCUT2D eigenvalue weighted by molar-refractivity contribution is 0.100. The Morgan fingerprint density at radius 2 is 1.87 bits per heavy atom. The molecule has 0 fully saturated rings. The quantitative estimate of drug-likeness (QED) is 0.898. The fourth-order valence-corrected chi connectivity index (χ4v) is 4.24. The van der Waals surface area contributed by atoms with E-state index in [4.69, 9.17) is 5.73 Å². The third kappa shape index (κ3) is 3.01. The second kappa shape index (κ2) is 6.16. The SMILES string of the molecule is CC(C)c1ccc(C(=O)Nc2sc3c(c2C(N)=O)CCC3)cc1. The first-order valence-corrected chi connectivity index (χ1v) is 8.64.